The van der Waals surface area contributed by atoms with Crippen LogP contribution in [0.15, 0.2) is 24.3 Å². The minimum Gasteiger partial charge on any atom is -0.381 e. The van der Waals surface area contributed by atoms with Gasteiger partial charge in [-0.05, 0) is 44.4 Å². The summed E-state index contributed by atoms with van der Waals surface area (Å²) in [6, 6.07) is 7.25. The molecule has 1 aromatic rings. The molecule has 102 valence electrons. The maximum atomic E-state index is 13.4. The van der Waals surface area contributed by atoms with Crippen molar-refractivity contribution in [2.45, 2.75) is 39.2 Å². The van der Waals surface area contributed by atoms with E-state index in [2.05, 4.69) is 19.2 Å². The van der Waals surface area contributed by atoms with E-state index in [1.54, 1.807) is 6.07 Å². The average Bonchev–Trinajstić information content (AvgIpc) is 2.36. The molecule has 1 atom stereocenters. The number of hydrogen-bond donors (Lipinski definition) is 1. The molecule has 0 spiro atoms. The molecule has 0 bridgehead atoms. The Bertz CT molecular complexity index is 330. The summed E-state index contributed by atoms with van der Waals surface area (Å²) in [5, 5.41) is 3.39. The van der Waals surface area contributed by atoms with Gasteiger partial charge in [-0.1, -0.05) is 25.1 Å². The Morgan fingerprint density at radius 3 is 2.78 bits per heavy atom. The summed E-state index contributed by atoms with van der Waals surface area (Å²) in [6.07, 6.45) is 2.79. The maximum Gasteiger partial charge on any atom is 0.126 e. The number of hydrogen-bond acceptors (Lipinski definition) is 2. The van der Waals surface area contributed by atoms with Gasteiger partial charge in [-0.3, -0.25) is 0 Å². The molecule has 0 radical (unpaired) electrons. The summed E-state index contributed by atoms with van der Waals surface area (Å²) in [5.74, 6) is -0.113. The van der Waals surface area contributed by atoms with Crippen LogP contribution in [-0.2, 0) is 11.2 Å². The number of nitrogens with one attached hydrogen (secondary N) is 1. The van der Waals surface area contributed by atoms with Gasteiger partial charge in [0.2, 0.25) is 0 Å². The molecule has 3 heteroatoms. The molecule has 1 rings (SSSR count). The van der Waals surface area contributed by atoms with Crippen molar-refractivity contribution < 1.29 is 9.13 Å². The molecule has 0 aliphatic carbocycles. The molecule has 0 aromatic heterocycles. The monoisotopic (exact) mass is 253 g/mol. The number of rotatable bonds is 9. The summed E-state index contributed by atoms with van der Waals surface area (Å²) < 4.78 is 18.8. The van der Waals surface area contributed by atoms with Crippen molar-refractivity contribution in [3.05, 3.63) is 35.6 Å². The summed E-state index contributed by atoms with van der Waals surface area (Å²) in [7, 11) is 0. The lowest BCUT2D eigenvalue weighted by molar-refractivity contribution is 0.132. The van der Waals surface area contributed by atoms with E-state index in [1.807, 2.05) is 12.1 Å². The zero-order valence-electron chi connectivity index (χ0n) is 11.4. The Morgan fingerprint density at radius 1 is 1.28 bits per heavy atom. The fourth-order valence-corrected chi connectivity index (χ4v) is 1.84. The lowest BCUT2D eigenvalue weighted by Gasteiger charge is -2.14. The van der Waals surface area contributed by atoms with E-state index in [0.29, 0.717) is 0 Å². The van der Waals surface area contributed by atoms with Gasteiger partial charge in [0.1, 0.15) is 5.82 Å². The van der Waals surface area contributed by atoms with Crippen LogP contribution in [0, 0.1) is 5.82 Å². The van der Waals surface area contributed by atoms with Crippen molar-refractivity contribution in [3.63, 3.8) is 0 Å². The van der Waals surface area contributed by atoms with Gasteiger partial charge >= 0.3 is 0 Å². The molecular weight excluding hydrogens is 229 g/mol. The Labute approximate surface area is 110 Å². The van der Waals surface area contributed by atoms with Gasteiger partial charge in [-0.2, -0.15) is 0 Å². The van der Waals surface area contributed by atoms with E-state index in [1.165, 1.54) is 6.07 Å². The van der Waals surface area contributed by atoms with Crippen LogP contribution in [0.3, 0.4) is 0 Å². The van der Waals surface area contributed by atoms with E-state index in [9.17, 15) is 4.39 Å². The smallest absolute Gasteiger partial charge is 0.126 e. The highest BCUT2D eigenvalue weighted by atomic mass is 19.1. The van der Waals surface area contributed by atoms with Gasteiger partial charge in [-0.15, -0.1) is 0 Å². The first-order valence-corrected chi connectivity index (χ1v) is 6.78. The first kappa shape index (κ1) is 15.1. The van der Waals surface area contributed by atoms with Crippen molar-refractivity contribution in [2.75, 3.05) is 19.8 Å². The molecule has 1 aromatic carbocycles. The first-order valence-electron chi connectivity index (χ1n) is 6.78. The number of ether oxygens (including phenoxy) is 1. The predicted octanol–water partition coefficient (Wildman–Crippen LogP) is 3.16. The van der Waals surface area contributed by atoms with Gasteiger partial charge in [0.15, 0.2) is 0 Å². The summed E-state index contributed by atoms with van der Waals surface area (Å²) in [4.78, 5) is 0. The highest BCUT2D eigenvalue weighted by Crippen LogP contribution is 2.08. The highest BCUT2D eigenvalue weighted by Gasteiger charge is 2.06. The normalized spacial score (nSPS) is 12.6. The summed E-state index contributed by atoms with van der Waals surface area (Å²) in [6.45, 7) is 6.74. The van der Waals surface area contributed by atoms with Gasteiger partial charge < -0.3 is 10.1 Å². The van der Waals surface area contributed by atoms with E-state index < -0.39 is 0 Å². The van der Waals surface area contributed by atoms with Crippen LogP contribution in [0.5, 0.6) is 0 Å². The lowest BCUT2D eigenvalue weighted by atomic mass is 10.1. The van der Waals surface area contributed by atoms with Crippen LogP contribution in [0.1, 0.15) is 32.3 Å². The third-order valence-corrected chi connectivity index (χ3v) is 2.79. The van der Waals surface area contributed by atoms with Crippen LogP contribution in [0.25, 0.3) is 0 Å². The van der Waals surface area contributed by atoms with E-state index in [-0.39, 0.29) is 11.9 Å². The Morgan fingerprint density at radius 2 is 2.06 bits per heavy atom. The molecule has 0 saturated carbocycles. The van der Waals surface area contributed by atoms with E-state index in [0.717, 1.165) is 44.6 Å². The molecule has 2 nitrogen and oxygen atoms in total. The van der Waals surface area contributed by atoms with Crippen LogP contribution in [0.4, 0.5) is 4.39 Å². The van der Waals surface area contributed by atoms with Crippen LogP contribution in [-0.4, -0.2) is 25.8 Å². The fraction of sp³-hybridized carbons (Fsp3) is 0.600. The SMILES string of the molecule is CCCOCCCNC(C)Cc1ccccc1F. The van der Waals surface area contributed by atoms with Crippen LogP contribution < -0.4 is 5.32 Å². The summed E-state index contributed by atoms with van der Waals surface area (Å²) in [5.41, 5.74) is 0.778. The standard InChI is InChI=1S/C15H24FNO/c1-3-10-18-11-6-9-17-13(2)12-14-7-4-5-8-15(14)16/h4-5,7-8,13,17H,3,6,9-12H2,1-2H3. The number of halogens is 1. The largest absolute Gasteiger partial charge is 0.381 e. The van der Waals surface area contributed by atoms with Crippen molar-refractivity contribution in [3.8, 4) is 0 Å². The summed E-state index contributed by atoms with van der Waals surface area (Å²) >= 11 is 0. The van der Waals surface area contributed by atoms with Crippen molar-refractivity contribution in [2.24, 2.45) is 0 Å². The van der Waals surface area contributed by atoms with Crippen LogP contribution >= 0.6 is 0 Å². The molecule has 0 aliphatic heterocycles. The maximum absolute atomic E-state index is 13.4. The van der Waals surface area contributed by atoms with Crippen LogP contribution in [0.2, 0.25) is 0 Å². The Balaban J connectivity index is 2.14. The second-order valence-electron chi connectivity index (χ2n) is 4.62. The zero-order valence-corrected chi connectivity index (χ0v) is 11.4. The fourth-order valence-electron chi connectivity index (χ4n) is 1.84. The predicted molar refractivity (Wildman–Crippen MR) is 73.3 cm³/mol. The number of benzene rings is 1. The van der Waals surface area contributed by atoms with Crippen molar-refractivity contribution >= 4 is 0 Å². The van der Waals surface area contributed by atoms with Crippen molar-refractivity contribution in [1.82, 2.24) is 5.32 Å². The van der Waals surface area contributed by atoms with Gasteiger partial charge in [0, 0.05) is 19.3 Å². The minimum atomic E-state index is -0.113. The molecule has 18 heavy (non-hydrogen) atoms. The molecule has 0 aliphatic rings. The molecule has 0 heterocycles. The van der Waals surface area contributed by atoms with E-state index in [4.69, 9.17) is 4.74 Å². The Hall–Kier alpha value is -0.930. The molecule has 0 fully saturated rings. The molecule has 1 N–H and O–H groups in total. The zero-order chi connectivity index (χ0) is 13.2. The third-order valence-electron chi connectivity index (χ3n) is 2.79. The topological polar surface area (TPSA) is 21.3 Å². The second kappa shape index (κ2) is 9.06. The first-order chi connectivity index (χ1) is 8.74. The molecule has 1 unspecified atom stereocenters. The quantitative estimate of drug-likeness (QED) is 0.683. The Kier molecular flexibility index (Phi) is 7.62. The molecule has 0 amide bonds. The highest BCUT2D eigenvalue weighted by molar-refractivity contribution is 5.18. The molecular formula is C15H24FNO. The van der Waals surface area contributed by atoms with Crippen molar-refractivity contribution in [1.29, 1.82) is 0 Å². The molecule has 0 saturated heterocycles. The average molecular weight is 253 g/mol. The van der Waals surface area contributed by atoms with E-state index >= 15 is 0 Å². The minimum absolute atomic E-state index is 0.113. The second-order valence-corrected chi connectivity index (χ2v) is 4.62. The lowest BCUT2D eigenvalue weighted by Crippen LogP contribution is -2.29. The third kappa shape index (κ3) is 6.12. The van der Waals surface area contributed by atoms with Gasteiger partial charge in [0.05, 0.1) is 0 Å². The van der Waals surface area contributed by atoms with Gasteiger partial charge in [-0.25, -0.2) is 4.39 Å². The van der Waals surface area contributed by atoms with Gasteiger partial charge in [0.25, 0.3) is 0 Å².